The van der Waals surface area contributed by atoms with Gasteiger partial charge in [0.15, 0.2) is 5.65 Å². The summed E-state index contributed by atoms with van der Waals surface area (Å²) < 4.78 is 7.18. The molecular formula is C19H21N5O2S. The number of allylic oxidation sites excluding steroid dienone is 2. The first-order chi connectivity index (χ1) is 13.2. The number of rotatable bonds is 6. The lowest BCUT2D eigenvalue weighted by atomic mass is 10.0. The van der Waals surface area contributed by atoms with Crippen LogP contribution < -0.4 is 0 Å². The molecule has 0 radical (unpaired) electrons. The Morgan fingerprint density at radius 1 is 1.37 bits per heavy atom. The van der Waals surface area contributed by atoms with Crippen molar-refractivity contribution >= 4 is 28.7 Å². The maximum absolute atomic E-state index is 13.0. The highest BCUT2D eigenvalue weighted by Gasteiger charge is 2.22. The number of aromatic nitrogens is 4. The number of fused-ring (bicyclic) bond motifs is 1. The maximum atomic E-state index is 13.0. The van der Waals surface area contributed by atoms with Gasteiger partial charge in [-0.15, -0.1) is 0 Å². The summed E-state index contributed by atoms with van der Waals surface area (Å²) in [6.07, 6.45) is 11.3. The highest BCUT2D eigenvalue weighted by Crippen LogP contribution is 2.27. The lowest BCUT2D eigenvalue weighted by molar-refractivity contribution is -0.127. The molecule has 4 rings (SSSR count). The van der Waals surface area contributed by atoms with Crippen LogP contribution in [0.2, 0.25) is 0 Å². The van der Waals surface area contributed by atoms with Crippen LogP contribution in [0.4, 0.5) is 0 Å². The summed E-state index contributed by atoms with van der Waals surface area (Å²) in [4.78, 5) is 23.5. The number of aryl methyl sites for hydroxylation is 1. The molecule has 0 saturated carbocycles. The summed E-state index contributed by atoms with van der Waals surface area (Å²) in [6.45, 7) is 0.463. The molecule has 140 valence electrons. The second-order valence-electron chi connectivity index (χ2n) is 6.47. The van der Waals surface area contributed by atoms with Crippen LogP contribution in [0.15, 0.2) is 52.1 Å². The average molecular weight is 383 g/mol. The van der Waals surface area contributed by atoms with Crippen molar-refractivity contribution in [1.82, 2.24) is 24.6 Å². The largest absolute Gasteiger partial charge is 0.467 e. The molecule has 0 aliphatic heterocycles. The fourth-order valence-electron chi connectivity index (χ4n) is 3.24. The van der Waals surface area contributed by atoms with E-state index >= 15 is 0 Å². The number of nitrogens with zero attached hydrogens (tertiary/aromatic N) is 5. The van der Waals surface area contributed by atoms with E-state index in [4.69, 9.17) is 4.42 Å². The van der Waals surface area contributed by atoms with E-state index in [1.54, 1.807) is 17.1 Å². The van der Waals surface area contributed by atoms with Crippen molar-refractivity contribution in [3.8, 4) is 0 Å². The summed E-state index contributed by atoms with van der Waals surface area (Å²) in [6, 6.07) is 3.75. The highest BCUT2D eigenvalue weighted by atomic mass is 32.2. The van der Waals surface area contributed by atoms with Crippen LogP contribution >= 0.6 is 11.8 Å². The van der Waals surface area contributed by atoms with E-state index in [2.05, 4.69) is 21.1 Å². The Kier molecular flexibility index (Phi) is 5.24. The minimum absolute atomic E-state index is 0.0557. The van der Waals surface area contributed by atoms with Gasteiger partial charge in [-0.05, 0) is 37.8 Å². The summed E-state index contributed by atoms with van der Waals surface area (Å²) in [5, 5.41) is 5.87. The van der Waals surface area contributed by atoms with Crippen molar-refractivity contribution in [3.63, 3.8) is 0 Å². The Balaban J connectivity index is 1.51. The van der Waals surface area contributed by atoms with Gasteiger partial charge in [0.2, 0.25) is 5.91 Å². The van der Waals surface area contributed by atoms with E-state index in [1.165, 1.54) is 24.5 Å². The number of hydrogen-bond acceptors (Lipinski definition) is 6. The number of carbonyl (C=O) groups is 1. The molecule has 0 saturated heterocycles. The number of furan rings is 1. The first kappa shape index (κ1) is 17.8. The molecule has 3 aromatic heterocycles. The van der Waals surface area contributed by atoms with Crippen molar-refractivity contribution in [1.29, 1.82) is 0 Å². The Bertz CT molecular complexity index is 964. The molecule has 0 atom stereocenters. The number of amides is 1. The quantitative estimate of drug-likeness (QED) is 0.479. The molecule has 8 heteroatoms. The SMILES string of the molecule is Cn1ncc2c(SCC(=O)N(Cc3ccco3)C3=CCCCC3)ncnc21. The molecule has 0 fully saturated rings. The van der Waals surface area contributed by atoms with Crippen molar-refractivity contribution < 1.29 is 9.21 Å². The molecule has 1 amide bonds. The molecule has 3 heterocycles. The molecular weight excluding hydrogens is 362 g/mol. The number of hydrogen-bond donors (Lipinski definition) is 0. The summed E-state index contributed by atoms with van der Waals surface area (Å²) in [5.74, 6) is 1.15. The van der Waals surface area contributed by atoms with Gasteiger partial charge in [-0.3, -0.25) is 9.48 Å². The van der Waals surface area contributed by atoms with Crippen LogP contribution in [0.25, 0.3) is 11.0 Å². The van der Waals surface area contributed by atoms with Crippen molar-refractivity contribution in [2.45, 2.75) is 37.3 Å². The highest BCUT2D eigenvalue weighted by molar-refractivity contribution is 8.00. The second kappa shape index (κ2) is 7.96. The summed E-state index contributed by atoms with van der Waals surface area (Å²) >= 11 is 1.42. The molecule has 7 nitrogen and oxygen atoms in total. The smallest absolute Gasteiger partial charge is 0.237 e. The lowest BCUT2D eigenvalue weighted by Crippen LogP contribution is -2.32. The fourth-order valence-corrected chi connectivity index (χ4v) is 4.08. The molecule has 3 aromatic rings. The van der Waals surface area contributed by atoms with Crippen LogP contribution in [-0.2, 0) is 18.4 Å². The predicted molar refractivity (Wildman–Crippen MR) is 103 cm³/mol. The average Bonchev–Trinajstić information content (AvgIpc) is 3.35. The molecule has 0 aromatic carbocycles. The first-order valence-electron chi connectivity index (χ1n) is 8.99. The lowest BCUT2D eigenvalue weighted by Gasteiger charge is -2.27. The number of carbonyl (C=O) groups excluding carboxylic acids is 1. The van der Waals surface area contributed by atoms with Crippen LogP contribution in [-0.4, -0.2) is 36.3 Å². The minimum atomic E-state index is 0.0557. The van der Waals surface area contributed by atoms with Gasteiger partial charge in [-0.1, -0.05) is 17.8 Å². The van der Waals surface area contributed by atoms with Gasteiger partial charge in [-0.25, -0.2) is 9.97 Å². The van der Waals surface area contributed by atoms with Crippen molar-refractivity contribution in [3.05, 3.63) is 48.5 Å². The first-order valence-corrected chi connectivity index (χ1v) is 9.98. The van der Waals surface area contributed by atoms with E-state index in [9.17, 15) is 4.79 Å². The van der Waals surface area contributed by atoms with Gasteiger partial charge in [0.25, 0.3) is 0 Å². The third-order valence-corrected chi connectivity index (χ3v) is 5.62. The normalized spacial score (nSPS) is 14.3. The van der Waals surface area contributed by atoms with E-state index in [1.807, 2.05) is 24.1 Å². The second-order valence-corrected chi connectivity index (χ2v) is 7.44. The minimum Gasteiger partial charge on any atom is -0.467 e. The molecule has 1 aliphatic rings. The molecule has 27 heavy (non-hydrogen) atoms. The predicted octanol–water partition coefficient (Wildman–Crippen LogP) is 3.54. The third-order valence-electron chi connectivity index (χ3n) is 4.63. The molecule has 1 aliphatic carbocycles. The topological polar surface area (TPSA) is 77.0 Å². The Labute approximate surface area is 161 Å². The van der Waals surface area contributed by atoms with Crippen LogP contribution in [0, 0.1) is 0 Å². The molecule has 0 bridgehead atoms. The molecule has 0 spiro atoms. The fraction of sp³-hybridized carbons (Fsp3) is 0.368. The van der Waals surface area contributed by atoms with Crippen molar-refractivity contribution in [2.75, 3.05) is 5.75 Å². The van der Waals surface area contributed by atoms with Gasteiger partial charge in [0, 0.05) is 12.7 Å². The third kappa shape index (κ3) is 3.90. The maximum Gasteiger partial charge on any atom is 0.237 e. The standard InChI is InChI=1S/C19H21N5O2S/c1-23-18-16(10-22-23)19(21-13-20-18)27-12-17(25)24(11-15-8-5-9-26-15)14-6-3-2-4-7-14/h5-6,8-10,13H,2-4,7,11-12H2,1H3. The Morgan fingerprint density at radius 2 is 2.30 bits per heavy atom. The zero-order valence-corrected chi connectivity index (χ0v) is 16.0. The molecule has 0 N–H and O–H groups in total. The van der Waals surface area contributed by atoms with Gasteiger partial charge in [-0.2, -0.15) is 5.10 Å². The van der Waals surface area contributed by atoms with E-state index in [-0.39, 0.29) is 5.91 Å². The van der Waals surface area contributed by atoms with Crippen LogP contribution in [0.1, 0.15) is 31.4 Å². The van der Waals surface area contributed by atoms with E-state index in [0.29, 0.717) is 12.3 Å². The van der Waals surface area contributed by atoms with Gasteiger partial charge < -0.3 is 9.32 Å². The molecule has 0 unspecified atom stereocenters. The number of thioether (sulfide) groups is 1. The van der Waals surface area contributed by atoms with Crippen LogP contribution in [0.5, 0.6) is 0 Å². The van der Waals surface area contributed by atoms with Gasteiger partial charge in [0.05, 0.1) is 30.1 Å². The van der Waals surface area contributed by atoms with E-state index in [0.717, 1.165) is 46.8 Å². The Hall–Kier alpha value is -2.61. The van der Waals surface area contributed by atoms with Crippen LogP contribution in [0.3, 0.4) is 0 Å². The van der Waals surface area contributed by atoms with Crippen molar-refractivity contribution in [2.24, 2.45) is 7.05 Å². The zero-order chi connectivity index (χ0) is 18.6. The Morgan fingerprint density at radius 3 is 3.07 bits per heavy atom. The summed E-state index contributed by atoms with van der Waals surface area (Å²) in [7, 11) is 1.84. The van der Waals surface area contributed by atoms with Gasteiger partial charge >= 0.3 is 0 Å². The zero-order valence-electron chi connectivity index (χ0n) is 15.2. The summed E-state index contributed by atoms with van der Waals surface area (Å²) in [5.41, 5.74) is 1.86. The monoisotopic (exact) mass is 383 g/mol. The van der Waals surface area contributed by atoms with Gasteiger partial charge in [0.1, 0.15) is 17.1 Å². The van der Waals surface area contributed by atoms with E-state index < -0.39 is 0 Å².